The molecule has 1 heterocycles. The predicted molar refractivity (Wildman–Crippen MR) is 91.3 cm³/mol. The highest BCUT2D eigenvalue weighted by molar-refractivity contribution is 5.76. The van der Waals surface area contributed by atoms with Gasteiger partial charge in [-0.3, -0.25) is 9.69 Å². The Bertz CT molecular complexity index is 430. The zero-order chi connectivity index (χ0) is 15.6. The van der Waals surface area contributed by atoms with Crippen molar-refractivity contribution in [3.05, 3.63) is 30.3 Å². The van der Waals surface area contributed by atoms with Gasteiger partial charge in [-0.25, -0.2) is 0 Å². The van der Waals surface area contributed by atoms with Crippen LogP contribution in [0.2, 0.25) is 0 Å². The molecule has 0 unspecified atom stereocenters. The highest BCUT2D eigenvalue weighted by atomic mass is 16.1. The minimum Gasteiger partial charge on any atom is -0.369 e. The lowest BCUT2D eigenvalue weighted by Gasteiger charge is -2.36. The van der Waals surface area contributed by atoms with Crippen molar-refractivity contribution in [2.24, 2.45) is 0 Å². The van der Waals surface area contributed by atoms with Crippen molar-refractivity contribution in [1.82, 2.24) is 15.5 Å². The number of para-hydroxylation sites is 1. The molecule has 1 aromatic carbocycles. The number of nitrogens with zero attached hydrogens (tertiary/aromatic N) is 2. The fraction of sp³-hybridized carbons (Fsp3) is 0.588. The molecule has 0 saturated carbocycles. The molecule has 0 radical (unpaired) electrons. The summed E-state index contributed by atoms with van der Waals surface area (Å²) in [5.41, 5.74) is 1.30. The van der Waals surface area contributed by atoms with Crippen molar-refractivity contribution < 1.29 is 4.79 Å². The number of hydrogen-bond acceptors (Lipinski definition) is 4. The van der Waals surface area contributed by atoms with Gasteiger partial charge in [0.1, 0.15) is 0 Å². The summed E-state index contributed by atoms with van der Waals surface area (Å²) in [6, 6.07) is 10.5. The SMILES string of the molecule is CNCCCNC(=O)CCN1CCN(c2ccccc2)CC1. The molecule has 1 aliphatic rings. The van der Waals surface area contributed by atoms with Gasteiger partial charge in [0.2, 0.25) is 5.91 Å². The Morgan fingerprint density at radius 1 is 1.09 bits per heavy atom. The molecule has 22 heavy (non-hydrogen) atoms. The van der Waals surface area contributed by atoms with Gasteiger partial charge in [-0.05, 0) is 32.1 Å². The summed E-state index contributed by atoms with van der Waals surface area (Å²) in [4.78, 5) is 16.6. The minimum absolute atomic E-state index is 0.168. The van der Waals surface area contributed by atoms with E-state index in [1.54, 1.807) is 0 Å². The maximum absolute atomic E-state index is 11.8. The minimum atomic E-state index is 0.168. The Morgan fingerprint density at radius 3 is 2.50 bits per heavy atom. The van der Waals surface area contributed by atoms with E-state index in [0.717, 1.165) is 52.2 Å². The van der Waals surface area contributed by atoms with Crippen LogP contribution in [-0.4, -0.2) is 63.7 Å². The van der Waals surface area contributed by atoms with Gasteiger partial charge in [-0.15, -0.1) is 0 Å². The number of nitrogens with one attached hydrogen (secondary N) is 2. The first-order valence-corrected chi connectivity index (χ1v) is 8.23. The predicted octanol–water partition coefficient (Wildman–Crippen LogP) is 0.924. The van der Waals surface area contributed by atoms with Crippen molar-refractivity contribution in [1.29, 1.82) is 0 Å². The van der Waals surface area contributed by atoms with Gasteiger partial charge in [-0.2, -0.15) is 0 Å². The molecule has 0 spiro atoms. The van der Waals surface area contributed by atoms with Gasteiger partial charge in [0.25, 0.3) is 0 Å². The maximum Gasteiger partial charge on any atom is 0.221 e. The number of benzene rings is 1. The Balaban J connectivity index is 1.60. The van der Waals surface area contributed by atoms with Gasteiger partial charge in [0.15, 0.2) is 0 Å². The molecule has 1 aliphatic heterocycles. The van der Waals surface area contributed by atoms with Crippen molar-refractivity contribution in [3.63, 3.8) is 0 Å². The first kappa shape index (κ1) is 16.8. The Kier molecular flexibility index (Phi) is 7.19. The van der Waals surface area contributed by atoms with Crippen LogP contribution >= 0.6 is 0 Å². The first-order valence-electron chi connectivity index (χ1n) is 8.23. The Morgan fingerprint density at radius 2 is 1.82 bits per heavy atom. The average molecular weight is 304 g/mol. The summed E-state index contributed by atoms with van der Waals surface area (Å²) < 4.78 is 0. The number of hydrogen-bond donors (Lipinski definition) is 2. The van der Waals surface area contributed by atoms with Crippen LogP contribution in [0.4, 0.5) is 5.69 Å². The van der Waals surface area contributed by atoms with Gasteiger partial charge in [-0.1, -0.05) is 18.2 Å². The molecule has 1 aromatic rings. The fourth-order valence-corrected chi connectivity index (χ4v) is 2.71. The first-order chi connectivity index (χ1) is 10.8. The summed E-state index contributed by atoms with van der Waals surface area (Å²) in [6.07, 6.45) is 1.59. The second kappa shape index (κ2) is 9.43. The lowest BCUT2D eigenvalue weighted by atomic mass is 10.2. The second-order valence-corrected chi connectivity index (χ2v) is 5.72. The third-order valence-electron chi connectivity index (χ3n) is 4.07. The van der Waals surface area contributed by atoms with Crippen molar-refractivity contribution in [3.8, 4) is 0 Å². The fourth-order valence-electron chi connectivity index (χ4n) is 2.71. The summed E-state index contributed by atoms with van der Waals surface area (Å²) in [6.45, 7) is 6.70. The maximum atomic E-state index is 11.8. The number of carbonyl (C=O) groups excluding carboxylic acids is 1. The molecule has 0 atom stereocenters. The Hall–Kier alpha value is -1.59. The smallest absolute Gasteiger partial charge is 0.221 e. The van der Waals surface area contributed by atoms with E-state index in [-0.39, 0.29) is 5.91 Å². The van der Waals surface area contributed by atoms with Crippen LogP contribution in [-0.2, 0) is 4.79 Å². The zero-order valence-electron chi connectivity index (χ0n) is 13.6. The van der Waals surface area contributed by atoms with Crippen LogP contribution in [0.1, 0.15) is 12.8 Å². The highest BCUT2D eigenvalue weighted by Gasteiger charge is 2.17. The molecule has 1 fully saturated rings. The summed E-state index contributed by atoms with van der Waals surface area (Å²) in [5, 5.41) is 6.05. The van der Waals surface area contributed by atoms with Gasteiger partial charge < -0.3 is 15.5 Å². The quantitative estimate of drug-likeness (QED) is 0.701. The monoisotopic (exact) mass is 304 g/mol. The number of piperazine rings is 1. The van der Waals surface area contributed by atoms with Crippen LogP contribution in [0.25, 0.3) is 0 Å². The number of amides is 1. The Labute approximate surface area is 133 Å². The number of carbonyl (C=O) groups is 1. The molecule has 2 N–H and O–H groups in total. The average Bonchev–Trinajstić information content (AvgIpc) is 2.58. The van der Waals surface area contributed by atoms with Gasteiger partial charge in [0.05, 0.1) is 0 Å². The molecular formula is C17H28N4O. The van der Waals surface area contributed by atoms with E-state index in [9.17, 15) is 4.79 Å². The summed E-state index contributed by atoms with van der Waals surface area (Å²) in [7, 11) is 1.93. The van der Waals surface area contributed by atoms with Gasteiger partial charge in [0, 0.05) is 51.4 Å². The molecule has 1 saturated heterocycles. The van der Waals surface area contributed by atoms with Crippen molar-refractivity contribution >= 4 is 11.6 Å². The lowest BCUT2D eigenvalue weighted by Crippen LogP contribution is -2.47. The third-order valence-corrected chi connectivity index (χ3v) is 4.07. The summed E-state index contributed by atoms with van der Waals surface area (Å²) >= 11 is 0. The zero-order valence-corrected chi connectivity index (χ0v) is 13.6. The molecule has 5 heteroatoms. The number of anilines is 1. The molecule has 0 aromatic heterocycles. The topological polar surface area (TPSA) is 47.6 Å². The molecular weight excluding hydrogens is 276 g/mol. The van der Waals surface area contributed by atoms with E-state index < -0.39 is 0 Å². The molecule has 0 aliphatic carbocycles. The molecule has 122 valence electrons. The van der Waals surface area contributed by atoms with Crippen LogP contribution in [0, 0.1) is 0 Å². The van der Waals surface area contributed by atoms with E-state index in [4.69, 9.17) is 0 Å². The largest absolute Gasteiger partial charge is 0.369 e. The lowest BCUT2D eigenvalue weighted by molar-refractivity contribution is -0.121. The molecule has 5 nitrogen and oxygen atoms in total. The van der Waals surface area contributed by atoms with E-state index in [0.29, 0.717) is 6.42 Å². The number of rotatable bonds is 8. The van der Waals surface area contributed by atoms with E-state index in [2.05, 4.69) is 50.8 Å². The third kappa shape index (κ3) is 5.66. The summed E-state index contributed by atoms with van der Waals surface area (Å²) in [5.74, 6) is 0.168. The normalized spacial score (nSPS) is 15.8. The van der Waals surface area contributed by atoms with Crippen molar-refractivity contribution in [2.45, 2.75) is 12.8 Å². The molecule has 2 rings (SSSR count). The van der Waals surface area contributed by atoms with Crippen LogP contribution in [0.5, 0.6) is 0 Å². The molecule has 0 bridgehead atoms. The van der Waals surface area contributed by atoms with Gasteiger partial charge >= 0.3 is 0 Å². The van der Waals surface area contributed by atoms with E-state index in [1.807, 2.05) is 7.05 Å². The van der Waals surface area contributed by atoms with E-state index in [1.165, 1.54) is 5.69 Å². The van der Waals surface area contributed by atoms with Crippen LogP contribution in [0.15, 0.2) is 30.3 Å². The van der Waals surface area contributed by atoms with Crippen LogP contribution < -0.4 is 15.5 Å². The van der Waals surface area contributed by atoms with E-state index >= 15 is 0 Å². The standard InChI is InChI=1S/C17H28N4O/c1-18-9-5-10-19-17(22)8-11-20-12-14-21(15-13-20)16-6-3-2-4-7-16/h2-4,6-7,18H,5,8-15H2,1H3,(H,19,22). The highest BCUT2D eigenvalue weighted by Crippen LogP contribution is 2.15. The van der Waals surface area contributed by atoms with Crippen molar-refractivity contribution in [2.75, 3.05) is 57.8 Å². The van der Waals surface area contributed by atoms with Crippen LogP contribution in [0.3, 0.4) is 0 Å². The molecule has 1 amide bonds. The second-order valence-electron chi connectivity index (χ2n) is 5.72.